The standard InChI is InChI=1S/C22H23NO9/c1-7-30-22(26)15-11(3)23-10(2)14(20(24)28-5)16(15)12-8-13(27-4)18-19(32-9-31-18)17(12)21(25)29-6/h8H,7,9H2,1-6H3. The lowest BCUT2D eigenvalue weighted by atomic mass is 9.88. The van der Waals surface area contributed by atoms with E-state index in [1.807, 2.05) is 0 Å². The molecule has 1 aliphatic heterocycles. The summed E-state index contributed by atoms with van der Waals surface area (Å²) >= 11 is 0. The molecule has 0 amide bonds. The number of pyridine rings is 1. The number of methoxy groups -OCH3 is 3. The Morgan fingerprint density at radius 3 is 2.03 bits per heavy atom. The molecular weight excluding hydrogens is 422 g/mol. The molecule has 0 bridgehead atoms. The molecule has 170 valence electrons. The maximum absolute atomic E-state index is 13.0. The van der Waals surface area contributed by atoms with Crippen LogP contribution in [-0.2, 0) is 14.2 Å². The number of ether oxygens (including phenoxy) is 6. The highest BCUT2D eigenvalue weighted by atomic mass is 16.7. The Morgan fingerprint density at radius 1 is 0.906 bits per heavy atom. The highest BCUT2D eigenvalue weighted by Crippen LogP contribution is 2.49. The van der Waals surface area contributed by atoms with Gasteiger partial charge in [-0.3, -0.25) is 4.98 Å². The van der Waals surface area contributed by atoms with Crippen molar-refractivity contribution < 1.29 is 42.8 Å². The predicted octanol–water partition coefficient (Wildman–Crippen LogP) is 2.85. The van der Waals surface area contributed by atoms with Crippen LogP contribution in [0.5, 0.6) is 17.2 Å². The van der Waals surface area contributed by atoms with E-state index in [0.29, 0.717) is 11.4 Å². The van der Waals surface area contributed by atoms with Gasteiger partial charge in [-0.05, 0) is 26.8 Å². The van der Waals surface area contributed by atoms with Crippen molar-refractivity contribution >= 4 is 17.9 Å². The van der Waals surface area contributed by atoms with E-state index in [2.05, 4.69) is 4.98 Å². The van der Waals surface area contributed by atoms with Gasteiger partial charge in [0.05, 0.1) is 50.5 Å². The SMILES string of the molecule is CCOC(=O)c1c(C)nc(C)c(C(=O)OC)c1-c1cc(OC)c2c(c1C(=O)OC)OCO2. The number of fused-ring (bicyclic) bond motifs is 1. The lowest BCUT2D eigenvalue weighted by Gasteiger charge is -2.20. The van der Waals surface area contributed by atoms with Crippen molar-refractivity contribution in [3.8, 4) is 28.4 Å². The summed E-state index contributed by atoms with van der Waals surface area (Å²) in [6.07, 6.45) is 0. The fourth-order valence-corrected chi connectivity index (χ4v) is 3.62. The van der Waals surface area contributed by atoms with Crippen LogP contribution < -0.4 is 14.2 Å². The zero-order chi connectivity index (χ0) is 23.6. The van der Waals surface area contributed by atoms with Gasteiger partial charge in [0.2, 0.25) is 12.5 Å². The second kappa shape index (κ2) is 9.13. The summed E-state index contributed by atoms with van der Waals surface area (Å²) in [6.45, 7) is 4.79. The molecule has 2 heterocycles. The number of aryl methyl sites for hydroxylation is 2. The lowest BCUT2D eigenvalue weighted by molar-refractivity contribution is 0.0523. The number of rotatable bonds is 6. The van der Waals surface area contributed by atoms with Crippen LogP contribution in [0.1, 0.15) is 49.4 Å². The Hall–Kier alpha value is -3.82. The van der Waals surface area contributed by atoms with Crippen LogP contribution in [0.3, 0.4) is 0 Å². The summed E-state index contributed by atoms with van der Waals surface area (Å²) in [5, 5.41) is 0. The van der Waals surface area contributed by atoms with E-state index in [0.717, 1.165) is 0 Å². The molecule has 3 rings (SSSR count). The number of carbonyl (C=O) groups excluding carboxylic acids is 3. The van der Waals surface area contributed by atoms with Crippen LogP contribution in [0, 0.1) is 13.8 Å². The first-order valence-electron chi connectivity index (χ1n) is 9.66. The lowest BCUT2D eigenvalue weighted by Crippen LogP contribution is -2.18. The van der Waals surface area contributed by atoms with Gasteiger partial charge in [0, 0.05) is 11.1 Å². The van der Waals surface area contributed by atoms with Crippen molar-refractivity contribution in [3.63, 3.8) is 0 Å². The Balaban J connectivity index is 2.55. The van der Waals surface area contributed by atoms with Gasteiger partial charge in [0.1, 0.15) is 5.56 Å². The van der Waals surface area contributed by atoms with Crippen LogP contribution in [0.2, 0.25) is 0 Å². The summed E-state index contributed by atoms with van der Waals surface area (Å²) in [4.78, 5) is 42.9. The number of benzene rings is 1. The second-order valence-electron chi connectivity index (χ2n) is 6.68. The maximum Gasteiger partial charge on any atom is 0.342 e. The van der Waals surface area contributed by atoms with Gasteiger partial charge in [-0.15, -0.1) is 0 Å². The molecule has 10 heteroatoms. The Kier molecular flexibility index (Phi) is 6.52. The molecule has 32 heavy (non-hydrogen) atoms. The van der Waals surface area contributed by atoms with Crippen molar-refractivity contribution in [1.82, 2.24) is 4.98 Å². The largest absolute Gasteiger partial charge is 0.493 e. The minimum atomic E-state index is -0.762. The normalized spacial score (nSPS) is 11.7. The van der Waals surface area contributed by atoms with Crippen LogP contribution >= 0.6 is 0 Å². The summed E-state index contributed by atoms with van der Waals surface area (Å²) in [6, 6.07) is 1.48. The van der Waals surface area contributed by atoms with E-state index < -0.39 is 17.9 Å². The molecule has 0 aliphatic carbocycles. The third-order valence-corrected chi connectivity index (χ3v) is 4.92. The number of hydrogen-bond acceptors (Lipinski definition) is 10. The number of aromatic nitrogens is 1. The summed E-state index contributed by atoms with van der Waals surface area (Å²) in [5.41, 5.74) is 0.797. The van der Waals surface area contributed by atoms with E-state index >= 15 is 0 Å². The molecule has 0 N–H and O–H groups in total. The highest BCUT2D eigenvalue weighted by Gasteiger charge is 2.36. The average Bonchev–Trinajstić information content (AvgIpc) is 3.26. The molecule has 0 saturated carbocycles. The molecule has 0 fully saturated rings. The Morgan fingerprint density at radius 2 is 1.47 bits per heavy atom. The molecule has 2 aromatic rings. The highest BCUT2D eigenvalue weighted by molar-refractivity contribution is 6.12. The van der Waals surface area contributed by atoms with Gasteiger partial charge in [-0.1, -0.05) is 0 Å². The smallest absolute Gasteiger partial charge is 0.342 e. The molecule has 0 radical (unpaired) electrons. The predicted molar refractivity (Wildman–Crippen MR) is 110 cm³/mol. The first kappa shape index (κ1) is 22.9. The quantitative estimate of drug-likeness (QED) is 0.485. The van der Waals surface area contributed by atoms with Gasteiger partial charge in [0.15, 0.2) is 11.5 Å². The topological polar surface area (TPSA) is 119 Å². The summed E-state index contributed by atoms with van der Waals surface area (Å²) < 4.78 is 31.6. The molecule has 1 aliphatic rings. The first-order chi connectivity index (χ1) is 15.3. The molecule has 1 aromatic carbocycles. The minimum absolute atomic E-state index is 0.00363. The molecule has 0 spiro atoms. The number of nitrogens with zero attached hydrogens (tertiary/aromatic N) is 1. The number of hydrogen-bond donors (Lipinski definition) is 0. The zero-order valence-corrected chi connectivity index (χ0v) is 18.6. The first-order valence-corrected chi connectivity index (χ1v) is 9.66. The Labute approximate surface area is 184 Å². The molecule has 10 nitrogen and oxygen atoms in total. The zero-order valence-electron chi connectivity index (χ0n) is 18.6. The third-order valence-electron chi connectivity index (χ3n) is 4.92. The van der Waals surface area contributed by atoms with Crippen molar-refractivity contribution in [3.05, 3.63) is 34.1 Å². The summed E-state index contributed by atoms with van der Waals surface area (Å²) in [5.74, 6) is -1.71. The molecular formula is C22H23NO9. The van der Waals surface area contributed by atoms with Gasteiger partial charge in [-0.2, -0.15) is 0 Å². The fraction of sp³-hybridized carbons (Fsp3) is 0.364. The third kappa shape index (κ3) is 3.68. The molecule has 0 atom stereocenters. The van der Waals surface area contributed by atoms with Crippen molar-refractivity contribution in [2.24, 2.45) is 0 Å². The monoisotopic (exact) mass is 445 g/mol. The van der Waals surface area contributed by atoms with E-state index in [1.165, 1.54) is 27.4 Å². The number of esters is 3. The minimum Gasteiger partial charge on any atom is -0.493 e. The average molecular weight is 445 g/mol. The molecule has 0 saturated heterocycles. The van der Waals surface area contributed by atoms with E-state index in [4.69, 9.17) is 28.4 Å². The Bertz CT molecular complexity index is 1110. The van der Waals surface area contributed by atoms with E-state index in [9.17, 15) is 14.4 Å². The molecule has 1 aromatic heterocycles. The maximum atomic E-state index is 13.0. The summed E-state index contributed by atoms with van der Waals surface area (Å²) in [7, 11) is 3.82. The van der Waals surface area contributed by atoms with E-state index in [1.54, 1.807) is 20.8 Å². The number of carbonyl (C=O) groups is 3. The van der Waals surface area contributed by atoms with Crippen molar-refractivity contribution in [2.45, 2.75) is 20.8 Å². The van der Waals surface area contributed by atoms with Crippen LogP contribution in [0.4, 0.5) is 0 Å². The van der Waals surface area contributed by atoms with Gasteiger partial charge in [0.25, 0.3) is 0 Å². The fourth-order valence-electron chi connectivity index (χ4n) is 3.62. The van der Waals surface area contributed by atoms with Crippen LogP contribution in [0.15, 0.2) is 6.07 Å². The second-order valence-corrected chi connectivity index (χ2v) is 6.68. The van der Waals surface area contributed by atoms with Gasteiger partial charge >= 0.3 is 17.9 Å². The van der Waals surface area contributed by atoms with Gasteiger partial charge < -0.3 is 28.4 Å². The molecule has 0 unspecified atom stereocenters. The van der Waals surface area contributed by atoms with Crippen molar-refractivity contribution in [2.75, 3.05) is 34.7 Å². The van der Waals surface area contributed by atoms with E-state index in [-0.39, 0.29) is 58.5 Å². The van der Waals surface area contributed by atoms with Crippen LogP contribution in [0.25, 0.3) is 11.1 Å². The van der Waals surface area contributed by atoms with Crippen LogP contribution in [-0.4, -0.2) is 57.6 Å². The van der Waals surface area contributed by atoms with Gasteiger partial charge in [-0.25, -0.2) is 14.4 Å². The van der Waals surface area contributed by atoms with Crippen molar-refractivity contribution in [1.29, 1.82) is 0 Å².